The first kappa shape index (κ1) is 44.6. The lowest BCUT2D eigenvalue weighted by molar-refractivity contribution is -0.161. The normalized spacial score (nSPS) is 12.2. The van der Waals surface area contributed by atoms with Gasteiger partial charge >= 0.3 is 11.9 Å². The SMILES string of the molecule is CCCCCCCCCC/C=C\CCCCCCCCCCCC(=O)OC(CO)COC(=O)CCCCCCCCCCCCC. The van der Waals surface area contributed by atoms with Gasteiger partial charge in [-0.2, -0.15) is 0 Å². The van der Waals surface area contributed by atoms with Gasteiger partial charge in [0.25, 0.3) is 0 Å². The first-order valence-electron chi connectivity index (χ1n) is 20.2. The summed E-state index contributed by atoms with van der Waals surface area (Å²) < 4.78 is 10.6. The molecular weight excluding hydrogens is 572 g/mol. The van der Waals surface area contributed by atoms with E-state index in [2.05, 4.69) is 26.0 Å². The summed E-state index contributed by atoms with van der Waals surface area (Å²) in [6.07, 6.45) is 42.8. The zero-order valence-corrected chi connectivity index (χ0v) is 30.9. The molecule has 0 heterocycles. The second-order valence-corrected chi connectivity index (χ2v) is 13.7. The van der Waals surface area contributed by atoms with Crippen LogP contribution in [0.5, 0.6) is 0 Å². The Morgan fingerprint density at radius 3 is 1.17 bits per heavy atom. The maximum atomic E-state index is 12.2. The molecule has 1 N–H and O–H groups in total. The molecule has 0 aromatic carbocycles. The van der Waals surface area contributed by atoms with E-state index in [1.54, 1.807) is 0 Å². The van der Waals surface area contributed by atoms with E-state index < -0.39 is 6.10 Å². The van der Waals surface area contributed by atoms with Crippen molar-refractivity contribution >= 4 is 11.9 Å². The number of carbonyl (C=O) groups is 2. The zero-order chi connectivity index (χ0) is 33.6. The van der Waals surface area contributed by atoms with Gasteiger partial charge in [0.05, 0.1) is 6.61 Å². The Bertz CT molecular complexity index is 661. The molecule has 0 fully saturated rings. The molecule has 0 aliphatic carbocycles. The van der Waals surface area contributed by atoms with Crippen molar-refractivity contribution in [3.8, 4) is 0 Å². The molecule has 0 rings (SSSR count). The summed E-state index contributed by atoms with van der Waals surface area (Å²) in [4.78, 5) is 24.2. The van der Waals surface area contributed by atoms with Crippen LogP contribution in [0, 0.1) is 0 Å². The number of aliphatic hydroxyl groups excluding tert-OH is 1. The zero-order valence-electron chi connectivity index (χ0n) is 30.9. The van der Waals surface area contributed by atoms with Gasteiger partial charge in [-0.1, -0.05) is 180 Å². The number of allylic oxidation sites excluding steroid dienone is 2. The fourth-order valence-electron chi connectivity index (χ4n) is 5.96. The molecule has 5 nitrogen and oxygen atoms in total. The van der Waals surface area contributed by atoms with Crippen LogP contribution in [-0.2, 0) is 19.1 Å². The summed E-state index contributed by atoms with van der Waals surface area (Å²) in [5, 5.41) is 9.54. The van der Waals surface area contributed by atoms with Gasteiger partial charge < -0.3 is 14.6 Å². The Labute approximate surface area is 286 Å². The predicted octanol–water partition coefficient (Wildman–Crippen LogP) is 12.5. The van der Waals surface area contributed by atoms with Gasteiger partial charge in [-0.15, -0.1) is 0 Å². The Morgan fingerprint density at radius 2 is 0.804 bits per heavy atom. The van der Waals surface area contributed by atoms with E-state index in [0.29, 0.717) is 12.8 Å². The highest BCUT2D eigenvalue weighted by Crippen LogP contribution is 2.14. The van der Waals surface area contributed by atoms with Crippen LogP contribution >= 0.6 is 0 Å². The molecule has 0 aromatic heterocycles. The number of ether oxygens (including phenoxy) is 2. The topological polar surface area (TPSA) is 72.8 Å². The second-order valence-electron chi connectivity index (χ2n) is 13.7. The Morgan fingerprint density at radius 1 is 0.478 bits per heavy atom. The van der Waals surface area contributed by atoms with Gasteiger partial charge in [0.15, 0.2) is 6.10 Å². The second kappa shape index (κ2) is 38.1. The van der Waals surface area contributed by atoms with E-state index in [-0.39, 0.29) is 25.2 Å². The van der Waals surface area contributed by atoms with E-state index in [4.69, 9.17) is 9.47 Å². The van der Waals surface area contributed by atoms with Crippen molar-refractivity contribution < 1.29 is 24.2 Å². The molecule has 0 aromatic rings. The number of unbranched alkanes of at least 4 members (excludes halogenated alkanes) is 27. The van der Waals surface area contributed by atoms with Crippen LogP contribution in [0.15, 0.2) is 12.2 Å². The first-order valence-corrected chi connectivity index (χ1v) is 20.2. The molecular formula is C41H78O5. The first-order chi connectivity index (χ1) is 22.6. The molecule has 1 unspecified atom stereocenters. The van der Waals surface area contributed by atoms with E-state index in [1.165, 1.54) is 154 Å². The largest absolute Gasteiger partial charge is 0.462 e. The molecule has 0 aliphatic rings. The van der Waals surface area contributed by atoms with Crippen molar-refractivity contribution in [2.24, 2.45) is 0 Å². The molecule has 46 heavy (non-hydrogen) atoms. The van der Waals surface area contributed by atoms with Crippen LogP contribution in [0.1, 0.15) is 219 Å². The van der Waals surface area contributed by atoms with Crippen molar-refractivity contribution in [2.45, 2.75) is 225 Å². The number of carbonyl (C=O) groups excluding carboxylic acids is 2. The third kappa shape index (κ3) is 35.5. The van der Waals surface area contributed by atoms with Crippen LogP contribution in [-0.4, -0.2) is 36.4 Å². The lowest BCUT2D eigenvalue weighted by Crippen LogP contribution is -2.28. The quantitative estimate of drug-likeness (QED) is 0.0411. The Kier molecular flexibility index (Phi) is 37.0. The molecule has 0 radical (unpaired) electrons. The highest BCUT2D eigenvalue weighted by Gasteiger charge is 2.16. The summed E-state index contributed by atoms with van der Waals surface area (Å²) in [6, 6.07) is 0. The van der Waals surface area contributed by atoms with Crippen molar-refractivity contribution in [2.75, 3.05) is 13.2 Å². The van der Waals surface area contributed by atoms with Crippen LogP contribution in [0.25, 0.3) is 0 Å². The third-order valence-electron chi connectivity index (χ3n) is 9.06. The molecule has 0 bridgehead atoms. The lowest BCUT2D eigenvalue weighted by Gasteiger charge is -2.15. The Hall–Kier alpha value is -1.36. The molecule has 0 saturated heterocycles. The number of esters is 2. The monoisotopic (exact) mass is 651 g/mol. The fraction of sp³-hybridized carbons (Fsp3) is 0.902. The highest BCUT2D eigenvalue weighted by atomic mass is 16.6. The lowest BCUT2D eigenvalue weighted by atomic mass is 10.1. The van der Waals surface area contributed by atoms with Crippen LogP contribution in [0.2, 0.25) is 0 Å². The van der Waals surface area contributed by atoms with Gasteiger partial charge in [-0.25, -0.2) is 0 Å². The molecule has 272 valence electrons. The molecule has 0 spiro atoms. The molecule has 5 heteroatoms. The number of hydrogen-bond acceptors (Lipinski definition) is 5. The molecule has 0 aliphatic heterocycles. The third-order valence-corrected chi connectivity index (χ3v) is 9.06. The molecule has 0 amide bonds. The van der Waals surface area contributed by atoms with E-state index in [0.717, 1.165) is 38.5 Å². The maximum Gasteiger partial charge on any atom is 0.306 e. The van der Waals surface area contributed by atoms with E-state index >= 15 is 0 Å². The van der Waals surface area contributed by atoms with Gasteiger partial charge in [0.2, 0.25) is 0 Å². The fourth-order valence-corrected chi connectivity index (χ4v) is 5.96. The number of hydrogen-bond donors (Lipinski definition) is 1. The van der Waals surface area contributed by atoms with E-state index in [9.17, 15) is 14.7 Å². The van der Waals surface area contributed by atoms with Gasteiger partial charge in [0, 0.05) is 12.8 Å². The van der Waals surface area contributed by atoms with Crippen molar-refractivity contribution in [3.05, 3.63) is 12.2 Å². The van der Waals surface area contributed by atoms with Crippen molar-refractivity contribution in [3.63, 3.8) is 0 Å². The Balaban J connectivity index is 3.49. The minimum atomic E-state index is -0.765. The van der Waals surface area contributed by atoms with E-state index in [1.807, 2.05) is 0 Å². The van der Waals surface area contributed by atoms with Crippen LogP contribution in [0.4, 0.5) is 0 Å². The smallest absolute Gasteiger partial charge is 0.306 e. The average Bonchev–Trinajstić information content (AvgIpc) is 3.06. The summed E-state index contributed by atoms with van der Waals surface area (Å²) in [5.41, 5.74) is 0. The minimum absolute atomic E-state index is 0.0608. The maximum absolute atomic E-state index is 12.2. The highest BCUT2D eigenvalue weighted by molar-refractivity contribution is 5.70. The van der Waals surface area contributed by atoms with Gasteiger partial charge in [-0.3, -0.25) is 9.59 Å². The predicted molar refractivity (Wildman–Crippen MR) is 196 cm³/mol. The summed E-state index contributed by atoms with van der Waals surface area (Å²) in [7, 11) is 0. The summed E-state index contributed by atoms with van der Waals surface area (Å²) >= 11 is 0. The van der Waals surface area contributed by atoms with Gasteiger partial charge in [0.1, 0.15) is 6.61 Å². The summed E-state index contributed by atoms with van der Waals surface area (Å²) in [6.45, 7) is 4.14. The van der Waals surface area contributed by atoms with Crippen LogP contribution < -0.4 is 0 Å². The van der Waals surface area contributed by atoms with Gasteiger partial charge in [-0.05, 0) is 38.5 Å². The van der Waals surface area contributed by atoms with Crippen LogP contribution in [0.3, 0.4) is 0 Å². The number of aliphatic hydroxyl groups is 1. The molecule has 0 saturated carbocycles. The average molecular weight is 651 g/mol. The minimum Gasteiger partial charge on any atom is -0.462 e. The number of rotatable bonds is 37. The van der Waals surface area contributed by atoms with Crippen molar-refractivity contribution in [1.29, 1.82) is 0 Å². The van der Waals surface area contributed by atoms with Crippen molar-refractivity contribution in [1.82, 2.24) is 0 Å². The standard InChI is InChI=1S/C41H78O5/c1-3-5-7-9-11-13-15-16-17-18-19-20-21-22-23-24-26-28-30-32-34-36-41(44)46-39(37-42)38-45-40(43)35-33-31-29-27-25-14-12-10-8-6-4-2/h18-19,39,42H,3-17,20-38H2,1-2H3/b19-18-. The summed E-state index contributed by atoms with van der Waals surface area (Å²) in [5.74, 6) is -0.584. The molecule has 1 atom stereocenters.